The van der Waals surface area contributed by atoms with Crippen molar-refractivity contribution in [1.82, 2.24) is 0 Å². The first kappa shape index (κ1) is 22.0. The minimum Gasteiger partial charge on any atom is -0.469 e. The summed E-state index contributed by atoms with van der Waals surface area (Å²) in [5.41, 5.74) is -0.586. The third-order valence-corrected chi connectivity index (χ3v) is 7.92. The summed E-state index contributed by atoms with van der Waals surface area (Å²) in [6, 6.07) is 0. The van der Waals surface area contributed by atoms with Gasteiger partial charge in [-0.1, -0.05) is 26.3 Å². The average Bonchev–Trinajstić information content (AvgIpc) is 2.65. The molecule has 0 saturated heterocycles. The van der Waals surface area contributed by atoms with Gasteiger partial charge in [0.05, 0.1) is 24.7 Å². The number of ether oxygens (including phenoxy) is 2. The molecule has 0 aromatic carbocycles. The Labute approximate surface area is 173 Å². The lowest BCUT2D eigenvalue weighted by molar-refractivity contribution is -0.167. The molecule has 0 aliphatic heterocycles. The fourth-order valence-electron chi connectivity index (χ4n) is 6.48. The van der Waals surface area contributed by atoms with Gasteiger partial charge in [0.25, 0.3) is 0 Å². The highest BCUT2D eigenvalue weighted by Crippen LogP contribution is 2.63. The van der Waals surface area contributed by atoms with Gasteiger partial charge < -0.3 is 19.7 Å². The topological polar surface area (TPSA) is 93.1 Å². The molecule has 0 aromatic heterocycles. The predicted octanol–water partition coefficient (Wildman–Crippen LogP) is 2.92. The van der Waals surface area contributed by atoms with Crippen LogP contribution in [0.25, 0.3) is 0 Å². The van der Waals surface area contributed by atoms with Gasteiger partial charge in [-0.05, 0) is 49.5 Å². The van der Waals surface area contributed by atoms with E-state index in [9.17, 15) is 19.8 Å². The number of esters is 2. The van der Waals surface area contributed by atoms with E-state index < -0.39 is 40.5 Å². The second-order valence-corrected chi connectivity index (χ2v) is 9.77. The van der Waals surface area contributed by atoms with Gasteiger partial charge in [-0.15, -0.1) is 6.58 Å². The number of aliphatic hydroxyl groups excluding tert-OH is 2. The summed E-state index contributed by atoms with van der Waals surface area (Å²) in [6.45, 7) is 11.1. The summed E-state index contributed by atoms with van der Waals surface area (Å²) < 4.78 is 10.8. The maximum absolute atomic E-state index is 12.7. The molecule has 6 heteroatoms. The van der Waals surface area contributed by atoms with Crippen LogP contribution in [0, 0.1) is 22.2 Å². The van der Waals surface area contributed by atoms with Gasteiger partial charge in [0.2, 0.25) is 0 Å². The van der Waals surface area contributed by atoms with Crippen molar-refractivity contribution in [3.63, 3.8) is 0 Å². The largest absolute Gasteiger partial charge is 0.469 e. The quantitative estimate of drug-likeness (QED) is 0.553. The maximum atomic E-state index is 12.7. The van der Waals surface area contributed by atoms with Gasteiger partial charge in [-0.3, -0.25) is 9.59 Å². The Morgan fingerprint density at radius 1 is 1.17 bits per heavy atom. The first-order valence-electron chi connectivity index (χ1n) is 10.4. The van der Waals surface area contributed by atoms with E-state index in [-0.39, 0.29) is 11.9 Å². The Bertz CT molecular complexity index is 756. The maximum Gasteiger partial charge on any atom is 0.311 e. The Balaban J connectivity index is 2.21. The van der Waals surface area contributed by atoms with Crippen LogP contribution >= 0.6 is 0 Å². The predicted molar refractivity (Wildman–Crippen MR) is 108 cm³/mol. The van der Waals surface area contributed by atoms with Crippen molar-refractivity contribution in [2.45, 2.75) is 78.1 Å². The molecule has 7 atom stereocenters. The normalized spacial score (nSPS) is 44.4. The summed E-state index contributed by atoms with van der Waals surface area (Å²) >= 11 is 0. The van der Waals surface area contributed by atoms with Gasteiger partial charge in [-0.25, -0.2) is 0 Å². The smallest absolute Gasteiger partial charge is 0.311 e. The van der Waals surface area contributed by atoms with Gasteiger partial charge in [0.1, 0.15) is 6.10 Å². The standard InChI is InChI=1S/C23H34O6/c1-7-21(3)12-15(26)18-17(19(21)29-13(2)24)14(25)11-16-22(18,4)9-8-10-23(16,5)20(27)28-6/h7,14-16,19,25-26H,1,8-12H2,2-6H3. The van der Waals surface area contributed by atoms with Gasteiger partial charge >= 0.3 is 11.9 Å². The van der Waals surface area contributed by atoms with Crippen molar-refractivity contribution >= 4 is 11.9 Å². The summed E-state index contributed by atoms with van der Waals surface area (Å²) in [5, 5.41) is 22.5. The third kappa shape index (κ3) is 3.15. The fourth-order valence-corrected chi connectivity index (χ4v) is 6.48. The minimum atomic E-state index is -0.913. The zero-order valence-corrected chi connectivity index (χ0v) is 18.2. The van der Waals surface area contributed by atoms with Gasteiger partial charge in [0.15, 0.2) is 0 Å². The lowest BCUT2D eigenvalue weighted by atomic mass is 9.46. The minimum absolute atomic E-state index is 0.175. The molecule has 3 aliphatic carbocycles. The van der Waals surface area contributed by atoms with Crippen LogP contribution in [-0.2, 0) is 19.1 Å². The summed E-state index contributed by atoms with van der Waals surface area (Å²) in [4.78, 5) is 24.6. The highest BCUT2D eigenvalue weighted by Gasteiger charge is 2.62. The molecule has 1 fully saturated rings. The summed E-state index contributed by atoms with van der Waals surface area (Å²) in [5.74, 6) is -0.887. The van der Waals surface area contributed by atoms with Gasteiger partial charge in [0, 0.05) is 17.9 Å². The number of rotatable bonds is 3. The van der Waals surface area contributed by atoms with Crippen LogP contribution < -0.4 is 0 Å². The van der Waals surface area contributed by atoms with E-state index in [4.69, 9.17) is 9.47 Å². The molecule has 3 rings (SSSR count). The van der Waals surface area contributed by atoms with Crippen LogP contribution in [0.3, 0.4) is 0 Å². The van der Waals surface area contributed by atoms with E-state index in [1.165, 1.54) is 14.0 Å². The van der Waals surface area contributed by atoms with Crippen LogP contribution in [0.15, 0.2) is 23.8 Å². The Hall–Kier alpha value is -1.66. The average molecular weight is 407 g/mol. The highest BCUT2D eigenvalue weighted by molar-refractivity contribution is 5.77. The summed E-state index contributed by atoms with van der Waals surface area (Å²) in [7, 11) is 1.39. The molecule has 6 nitrogen and oxygen atoms in total. The number of carbonyl (C=O) groups is 2. The molecule has 0 heterocycles. The fraction of sp³-hybridized carbons (Fsp3) is 0.739. The van der Waals surface area contributed by atoms with Crippen LogP contribution in [-0.4, -0.2) is 47.6 Å². The van der Waals surface area contributed by atoms with E-state index in [0.29, 0.717) is 24.8 Å². The SMILES string of the molecule is C=CC1(C)CC(O)C2=C(C(O)CC3C(C)(C(=O)OC)CCCC23C)C1OC(C)=O. The molecule has 0 spiro atoms. The molecule has 3 aliphatic rings. The van der Waals surface area contributed by atoms with Crippen molar-refractivity contribution in [2.75, 3.05) is 7.11 Å². The van der Waals surface area contributed by atoms with Crippen LogP contribution in [0.4, 0.5) is 0 Å². The van der Waals surface area contributed by atoms with Crippen LogP contribution in [0.5, 0.6) is 0 Å². The van der Waals surface area contributed by atoms with Crippen molar-refractivity contribution in [2.24, 2.45) is 22.2 Å². The molecule has 2 N–H and O–H groups in total. The second kappa shape index (κ2) is 7.24. The van der Waals surface area contributed by atoms with Gasteiger partial charge in [-0.2, -0.15) is 0 Å². The van der Waals surface area contributed by atoms with E-state index in [1.54, 1.807) is 6.08 Å². The van der Waals surface area contributed by atoms with E-state index in [0.717, 1.165) is 18.4 Å². The van der Waals surface area contributed by atoms with Crippen molar-refractivity contribution in [3.05, 3.63) is 23.8 Å². The molecular weight excluding hydrogens is 372 g/mol. The van der Waals surface area contributed by atoms with Crippen molar-refractivity contribution < 1.29 is 29.3 Å². The number of hydrogen-bond donors (Lipinski definition) is 2. The van der Waals surface area contributed by atoms with E-state index in [1.807, 2.05) is 13.8 Å². The molecule has 0 bridgehead atoms. The van der Waals surface area contributed by atoms with Crippen molar-refractivity contribution in [1.29, 1.82) is 0 Å². The van der Waals surface area contributed by atoms with E-state index in [2.05, 4.69) is 13.5 Å². The number of methoxy groups -OCH3 is 1. The van der Waals surface area contributed by atoms with Crippen LogP contribution in [0.2, 0.25) is 0 Å². The first-order valence-corrected chi connectivity index (χ1v) is 10.4. The first-order chi connectivity index (χ1) is 13.4. The number of fused-ring (bicyclic) bond motifs is 2. The number of carbonyl (C=O) groups excluding carboxylic acids is 2. The monoisotopic (exact) mass is 406 g/mol. The van der Waals surface area contributed by atoms with Crippen molar-refractivity contribution in [3.8, 4) is 0 Å². The summed E-state index contributed by atoms with van der Waals surface area (Å²) in [6.07, 6.45) is 2.30. The molecule has 0 amide bonds. The molecular formula is C23H34O6. The Morgan fingerprint density at radius 2 is 1.83 bits per heavy atom. The molecule has 29 heavy (non-hydrogen) atoms. The Kier molecular flexibility index (Phi) is 5.50. The highest BCUT2D eigenvalue weighted by atomic mass is 16.5. The second-order valence-electron chi connectivity index (χ2n) is 9.77. The molecule has 0 radical (unpaired) electrons. The molecule has 7 unspecified atom stereocenters. The zero-order valence-electron chi connectivity index (χ0n) is 18.2. The number of hydrogen-bond acceptors (Lipinski definition) is 6. The lowest BCUT2D eigenvalue weighted by Gasteiger charge is -2.59. The Morgan fingerprint density at radius 3 is 2.38 bits per heavy atom. The van der Waals surface area contributed by atoms with Crippen LogP contribution in [0.1, 0.15) is 59.8 Å². The third-order valence-electron chi connectivity index (χ3n) is 7.92. The molecule has 162 valence electrons. The lowest BCUT2D eigenvalue weighted by Crippen LogP contribution is -2.59. The molecule has 1 saturated carbocycles. The number of aliphatic hydroxyl groups is 2. The zero-order chi connectivity index (χ0) is 21.8. The molecule has 0 aromatic rings. The van der Waals surface area contributed by atoms with E-state index >= 15 is 0 Å².